The fourth-order valence-electron chi connectivity index (χ4n) is 3.32. The highest BCUT2D eigenvalue weighted by Crippen LogP contribution is 2.46. The number of rotatable bonds is 3. The quantitative estimate of drug-likeness (QED) is 0.862. The van der Waals surface area contributed by atoms with Gasteiger partial charge >= 0.3 is 0 Å². The molecule has 1 saturated carbocycles. The second kappa shape index (κ2) is 5.53. The zero-order valence-corrected chi connectivity index (χ0v) is 11.4. The molecule has 0 saturated heterocycles. The zero-order chi connectivity index (χ0) is 14.0. The Morgan fingerprint density at radius 1 is 1.05 bits per heavy atom. The lowest BCUT2D eigenvalue weighted by Gasteiger charge is -2.41. The molecule has 1 aliphatic rings. The van der Waals surface area contributed by atoms with Crippen LogP contribution in [0.1, 0.15) is 50.6 Å². The van der Waals surface area contributed by atoms with Gasteiger partial charge in [0.25, 0.3) is 0 Å². The summed E-state index contributed by atoms with van der Waals surface area (Å²) in [6.45, 7) is 2.05. The molecular formula is C15H20F3N. The topological polar surface area (TPSA) is 12.0 Å². The summed E-state index contributed by atoms with van der Waals surface area (Å²) in [5.41, 5.74) is -0.222. The van der Waals surface area contributed by atoms with Crippen LogP contribution in [0.3, 0.4) is 0 Å². The fourth-order valence-corrected chi connectivity index (χ4v) is 3.32. The highest BCUT2D eigenvalue weighted by Gasteiger charge is 2.38. The van der Waals surface area contributed by atoms with Crippen LogP contribution in [0.5, 0.6) is 0 Å². The fraction of sp³-hybridized carbons (Fsp3) is 0.600. The van der Waals surface area contributed by atoms with E-state index in [1.807, 2.05) is 0 Å². The Morgan fingerprint density at radius 3 is 2.05 bits per heavy atom. The van der Waals surface area contributed by atoms with Gasteiger partial charge in [0, 0.05) is 23.7 Å². The number of benzene rings is 1. The molecule has 0 aromatic heterocycles. The number of nitrogens with one attached hydrogen (secondary N) is 1. The molecule has 106 valence electrons. The van der Waals surface area contributed by atoms with Crippen molar-refractivity contribution in [2.24, 2.45) is 5.41 Å². The number of hydrogen-bond donors (Lipinski definition) is 1. The predicted molar refractivity (Wildman–Crippen MR) is 69.3 cm³/mol. The lowest BCUT2D eigenvalue weighted by atomic mass is 9.68. The normalized spacial score (nSPS) is 20.3. The van der Waals surface area contributed by atoms with Crippen LogP contribution < -0.4 is 5.32 Å². The first kappa shape index (κ1) is 14.4. The number of halogens is 3. The molecule has 19 heavy (non-hydrogen) atoms. The SMILES string of the molecule is CNC(c1c(F)cc(F)cc1F)C1(C)CCCCC1. The van der Waals surface area contributed by atoms with E-state index >= 15 is 0 Å². The summed E-state index contributed by atoms with van der Waals surface area (Å²) in [6.07, 6.45) is 5.15. The first-order chi connectivity index (χ1) is 8.98. The molecule has 1 aromatic carbocycles. The van der Waals surface area contributed by atoms with Crippen LogP contribution >= 0.6 is 0 Å². The Labute approximate surface area is 112 Å². The minimum Gasteiger partial charge on any atom is -0.312 e. The first-order valence-electron chi connectivity index (χ1n) is 6.79. The molecule has 0 heterocycles. The van der Waals surface area contributed by atoms with Crippen molar-refractivity contribution in [3.05, 3.63) is 35.1 Å². The van der Waals surface area contributed by atoms with Gasteiger partial charge < -0.3 is 5.32 Å². The second-order valence-corrected chi connectivity index (χ2v) is 5.72. The Balaban J connectivity index is 2.42. The van der Waals surface area contributed by atoms with Gasteiger partial charge in [-0.2, -0.15) is 0 Å². The molecule has 0 spiro atoms. The van der Waals surface area contributed by atoms with E-state index in [0.717, 1.165) is 37.8 Å². The average molecular weight is 271 g/mol. The zero-order valence-electron chi connectivity index (χ0n) is 11.4. The van der Waals surface area contributed by atoms with Crippen molar-refractivity contribution in [1.29, 1.82) is 0 Å². The molecule has 1 atom stereocenters. The van der Waals surface area contributed by atoms with E-state index in [1.54, 1.807) is 7.05 Å². The van der Waals surface area contributed by atoms with Crippen molar-refractivity contribution in [3.8, 4) is 0 Å². The van der Waals surface area contributed by atoms with Crippen molar-refractivity contribution in [1.82, 2.24) is 5.32 Å². The second-order valence-electron chi connectivity index (χ2n) is 5.72. The summed E-state index contributed by atoms with van der Waals surface area (Å²) in [6, 6.07) is 1.09. The molecule has 1 unspecified atom stereocenters. The highest BCUT2D eigenvalue weighted by atomic mass is 19.1. The van der Waals surface area contributed by atoms with Crippen LogP contribution in [0.25, 0.3) is 0 Å². The summed E-state index contributed by atoms with van der Waals surface area (Å²) in [5, 5.41) is 3.03. The van der Waals surface area contributed by atoms with E-state index in [2.05, 4.69) is 12.2 Å². The molecule has 0 aliphatic heterocycles. The first-order valence-corrected chi connectivity index (χ1v) is 6.79. The smallest absolute Gasteiger partial charge is 0.133 e. The van der Waals surface area contributed by atoms with Gasteiger partial charge in [0.1, 0.15) is 17.5 Å². The van der Waals surface area contributed by atoms with Crippen molar-refractivity contribution in [2.75, 3.05) is 7.05 Å². The van der Waals surface area contributed by atoms with Crippen molar-refractivity contribution in [2.45, 2.75) is 45.1 Å². The van der Waals surface area contributed by atoms with Crippen LogP contribution in [0.15, 0.2) is 12.1 Å². The summed E-state index contributed by atoms with van der Waals surface area (Å²) in [5.74, 6) is -2.48. The maximum atomic E-state index is 14.0. The van der Waals surface area contributed by atoms with E-state index in [-0.39, 0.29) is 11.0 Å². The van der Waals surface area contributed by atoms with E-state index < -0.39 is 23.5 Å². The molecule has 0 amide bonds. The third-order valence-corrected chi connectivity index (χ3v) is 4.31. The molecule has 4 heteroatoms. The van der Waals surface area contributed by atoms with E-state index in [0.29, 0.717) is 0 Å². The minimum atomic E-state index is -0.873. The van der Waals surface area contributed by atoms with Crippen molar-refractivity contribution >= 4 is 0 Å². The summed E-state index contributed by atoms with van der Waals surface area (Å²) in [7, 11) is 1.70. The number of hydrogen-bond acceptors (Lipinski definition) is 1. The monoisotopic (exact) mass is 271 g/mol. The van der Waals surface area contributed by atoms with Gasteiger partial charge in [0.15, 0.2) is 0 Å². The van der Waals surface area contributed by atoms with Gasteiger partial charge in [0.2, 0.25) is 0 Å². The molecule has 1 aromatic rings. The Morgan fingerprint density at radius 2 is 1.58 bits per heavy atom. The molecular weight excluding hydrogens is 251 g/mol. The van der Waals surface area contributed by atoms with Gasteiger partial charge in [-0.1, -0.05) is 26.2 Å². The third kappa shape index (κ3) is 2.78. The maximum absolute atomic E-state index is 14.0. The molecule has 2 rings (SSSR count). The van der Waals surface area contributed by atoms with Gasteiger partial charge in [-0.15, -0.1) is 0 Å². The Hall–Kier alpha value is -1.03. The van der Waals surface area contributed by atoms with Gasteiger partial charge in [-0.05, 0) is 25.3 Å². The van der Waals surface area contributed by atoms with Gasteiger partial charge in [-0.3, -0.25) is 0 Å². The predicted octanol–water partition coefficient (Wildman–Crippen LogP) is 4.33. The summed E-state index contributed by atoms with van der Waals surface area (Å²) >= 11 is 0. The lowest BCUT2D eigenvalue weighted by molar-refractivity contribution is 0.144. The molecule has 0 radical (unpaired) electrons. The summed E-state index contributed by atoms with van der Waals surface area (Å²) in [4.78, 5) is 0. The minimum absolute atomic E-state index is 0.0340. The maximum Gasteiger partial charge on any atom is 0.133 e. The summed E-state index contributed by atoms with van der Waals surface area (Å²) < 4.78 is 40.9. The Kier molecular flexibility index (Phi) is 4.19. The molecule has 0 bridgehead atoms. The highest BCUT2D eigenvalue weighted by molar-refractivity contribution is 5.26. The van der Waals surface area contributed by atoms with Crippen LogP contribution in [-0.2, 0) is 0 Å². The third-order valence-electron chi connectivity index (χ3n) is 4.31. The van der Waals surface area contributed by atoms with E-state index in [4.69, 9.17) is 0 Å². The lowest BCUT2D eigenvalue weighted by Crippen LogP contribution is -2.37. The van der Waals surface area contributed by atoms with E-state index in [1.165, 1.54) is 6.42 Å². The van der Waals surface area contributed by atoms with Crippen molar-refractivity contribution < 1.29 is 13.2 Å². The van der Waals surface area contributed by atoms with Crippen LogP contribution in [0.4, 0.5) is 13.2 Å². The van der Waals surface area contributed by atoms with Crippen LogP contribution in [-0.4, -0.2) is 7.05 Å². The van der Waals surface area contributed by atoms with Gasteiger partial charge in [-0.25, -0.2) is 13.2 Å². The average Bonchev–Trinajstić information content (AvgIpc) is 2.34. The van der Waals surface area contributed by atoms with Gasteiger partial charge in [0.05, 0.1) is 0 Å². The molecule has 1 fully saturated rings. The largest absolute Gasteiger partial charge is 0.312 e. The van der Waals surface area contributed by atoms with Crippen LogP contribution in [0, 0.1) is 22.9 Å². The Bertz CT molecular complexity index is 430. The molecule has 1 aliphatic carbocycles. The standard InChI is InChI=1S/C15H20F3N/c1-15(6-4-3-5-7-15)14(19-2)13-11(17)8-10(16)9-12(13)18/h8-9,14,19H,3-7H2,1-2H3. The van der Waals surface area contributed by atoms with Crippen LogP contribution in [0.2, 0.25) is 0 Å². The van der Waals surface area contributed by atoms with Crippen molar-refractivity contribution in [3.63, 3.8) is 0 Å². The molecule has 1 nitrogen and oxygen atoms in total. The van der Waals surface area contributed by atoms with E-state index in [9.17, 15) is 13.2 Å². The molecule has 1 N–H and O–H groups in total.